The summed E-state index contributed by atoms with van der Waals surface area (Å²) in [7, 11) is -3.43. The van der Waals surface area contributed by atoms with Crippen LogP contribution in [0, 0.1) is 19.8 Å². The third-order valence-corrected chi connectivity index (χ3v) is 6.85. The van der Waals surface area contributed by atoms with Gasteiger partial charge in [-0.2, -0.15) is 4.31 Å². The van der Waals surface area contributed by atoms with Crippen LogP contribution >= 0.6 is 0 Å². The molecule has 1 saturated carbocycles. The molecule has 110 valence electrons. The summed E-state index contributed by atoms with van der Waals surface area (Å²) in [5.74, 6) is 0.539. The SMILES string of the molecule is Cc1cc(CO)cc(S(=O)(=O)N2CC3CCC2C3)c1C. The molecule has 4 nitrogen and oxygen atoms in total. The Morgan fingerprint density at radius 1 is 1.30 bits per heavy atom. The van der Waals surface area contributed by atoms with Crippen LogP contribution < -0.4 is 0 Å². The summed E-state index contributed by atoms with van der Waals surface area (Å²) < 4.78 is 27.5. The lowest BCUT2D eigenvalue weighted by molar-refractivity contribution is 0.281. The van der Waals surface area contributed by atoms with Crippen LogP contribution in [0.1, 0.15) is 36.0 Å². The summed E-state index contributed by atoms with van der Waals surface area (Å²) in [6.45, 7) is 4.27. The Morgan fingerprint density at radius 2 is 2.05 bits per heavy atom. The molecular formula is C15H21NO3S. The second-order valence-electron chi connectivity index (χ2n) is 6.10. The fraction of sp³-hybridized carbons (Fsp3) is 0.600. The van der Waals surface area contributed by atoms with E-state index in [0.29, 0.717) is 22.9 Å². The van der Waals surface area contributed by atoms with Gasteiger partial charge in [-0.25, -0.2) is 8.42 Å². The van der Waals surface area contributed by atoms with Gasteiger partial charge in [-0.15, -0.1) is 0 Å². The lowest BCUT2D eigenvalue weighted by atomic mass is 10.1. The number of hydrogen-bond acceptors (Lipinski definition) is 3. The van der Waals surface area contributed by atoms with Crippen molar-refractivity contribution in [1.29, 1.82) is 0 Å². The van der Waals surface area contributed by atoms with Crippen molar-refractivity contribution in [3.05, 3.63) is 28.8 Å². The van der Waals surface area contributed by atoms with Crippen LogP contribution in [0.3, 0.4) is 0 Å². The molecule has 0 amide bonds. The Hall–Kier alpha value is -0.910. The van der Waals surface area contributed by atoms with Crippen molar-refractivity contribution in [2.45, 2.75) is 50.7 Å². The van der Waals surface area contributed by atoms with Crippen molar-refractivity contribution < 1.29 is 13.5 Å². The van der Waals surface area contributed by atoms with E-state index in [9.17, 15) is 13.5 Å². The zero-order valence-electron chi connectivity index (χ0n) is 12.0. The third-order valence-electron chi connectivity index (χ3n) is 4.81. The highest BCUT2D eigenvalue weighted by Gasteiger charge is 2.44. The molecular weight excluding hydrogens is 274 g/mol. The van der Waals surface area contributed by atoms with E-state index in [1.54, 1.807) is 10.4 Å². The summed E-state index contributed by atoms with van der Waals surface area (Å²) in [5.41, 5.74) is 2.38. The van der Waals surface area contributed by atoms with E-state index >= 15 is 0 Å². The topological polar surface area (TPSA) is 57.6 Å². The lowest BCUT2D eigenvalue weighted by Gasteiger charge is -2.27. The Kier molecular flexibility index (Phi) is 3.39. The number of hydrogen-bond donors (Lipinski definition) is 1. The van der Waals surface area contributed by atoms with Gasteiger partial charge in [-0.1, -0.05) is 6.07 Å². The van der Waals surface area contributed by atoms with Gasteiger partial charge in [0.25, 0.3) is 0 Å². The van der Waals surface area contributed by atoms with E-state index in [1.165, 1.54) is 0 Å². The van der Waals surface area contributed by atoms with Gasteiger partial charge in [0.2, 0.25) is 10.0 Å². The maximum absolute atomic E-state index is 12.9. The van der Waals surface area contributed by atoms with Crippen LogP contribution in [0.4, 0.5) is 0 Å². The van der Waals surface area contributed by atoms with Gasteiger partial charge in [0.15, 0.2) is 0 Å². The first kappa shape index (κ1) is 14.0. The smallest absolute Gasteiger partial charge is 0.243 e. The van der Waals surface area contributed by atoms with E-state index in [2.05, 4.69) is 0 Å². The summed E-state index contributed by atoms with van der Waals surface area (Å²) in [6.07, 6.45) is 3.16. The fourth-order valence-corrected chi connectivity index (χ4v) is 5.65. The minimum absolute atomic E-state index is 0.129. The first-order valence-electron chi connectivity index (χ1n) is 7.16. The maximum atomic E-state index is 12.9. The van der Waals surface area contributed by atoms with E-state index in [-0.39, 0.29) is 12.6 Å². The molecule has 0 spiro atoms. The largest absolute Gasteiger partial charge is 0.392 e. The number of nitrogens with zero attached hydrogens (tertiary/aromatic N) is 1. The van der Waals surface area contributed by atoms with Gasteiger partial charge >= 0.3 is 0 Å². The monoisotopic (exact) mass is 295 g/mol. The maximum Gasteiger partial charge on any atom is 0.243 e. The number of aryl methyl sites for hydroxylation is 1. The molecule has 1 aliphatic carbocycles. The second-order valence-corrected chi connectivity index (χ2v) is 7.96. The third kappa shape index (κ3) is 2.08. The molecule has 20 heavy (non-hydrogen) atoms. The van der Waals surface area contributed by atoms with Crippen LogP contribution in [0.2, 0.25) is 0 Å². The highest BCUT2D eigenvalue weighted by Crippen LogP contribution is 2.41. The Bertz CT molecular complexity index is 639. The number of benzene rings is 1. The molecule has 0 aromatic heterocycles. The van der Waals surface area contributed by atoms with Gasteiger partial charge in [0.1, 0.15) is 0 Å². The quantitative estimate of drug-likeness (QED) is 0.927. The molecule has 2 bridgehead atoms. The Labute approximate surface area is 120 Å². The normalized spacial score (nSPS) is 26.4. The van der Waals surface area contributed by atoms with Gasteiger partial charge in [-0.3, -0.25) is 0 Å². The molecule has 1 heterocycles. The van der Waals surface area contributed by atoms with Gasteiger partial charge in [0.05, 0.1) is 11.5 Å². The standard InChI is InChI=1S/C15H21NO3S/c1-10-5-13(9-17)7-15(11(10)2)20(18,19)16-8-12-3-4-14(16)6-12/h5,7,12,14,17H,3-4,6,8-9H2,1-2H3. The molecule has 1 aromatic carbocycles. The van der Waals surface area contributed by atoms with Crippen molar-refractivity contribution in [1.82, 2.24) is 4.31 Å². The van der Waals surface area contributed by atoms with Crippen molar-refractivity contribution >= 4 is 10.0 Å². The zero-order valence-corrected chi connectivity index (χ0v) is 12.8. The minimum Gasteiger partial charge on any atom is -0.392 e. The van der Waals surface area contributed by atoms with Crippen molar-refractivity contribution in [2.24, 2.45) is 5.92 Å². The van der Waals surface area contributed by atoms with Crippen LogP contribution in [-0.4, -0.2) is 30.4 Å². The van der Waals surface area contributed by atoms with Gasteiger partial charge < -0.3 is 5.11 Å². The predicted octanol–water partition coefficient (Wildman–Crippen LogP) is 1.97. The average Bonchev–Trinajstić information content (AvgIpc) is 3.04. The molecule has 1 aromatic rings. The van der Waals surface area contributed by atoms with Crippen LogP contribution in [0.25, 0.3) is 0 Å². The van der Waals surface area contributed by atoms with Gasteiger partial charge in [0, 0.05) is 12.6 Å². The lowest BCUT2D eigenvalue weighted by Crippen LogP contribution is -2.38. The van der Waals surface area contributed by atoms with Crippen LogP contribution in [-0.2, 0) is 16.6 Å². The molecule has 5 heteroatoms. The molecule has 2 atom stereocenters. The van der Waals surface area contributed by atoms with E-state index in [0.717, 1.165) is 30.4 Å². The van der Waals surface area contributed by atoms with E-state index in [1.807, 2.05) is 19.9 Å². The second kappa shape index (κ2) is 4.83. The van der Waals surface area contributed by atoms with Crippen LogP contribution in [0.5, 0.6) is 0 Å². The summed E-state index contributed by atoms with van der Waals surface area (Å²) in [5, 5.41) is 9.31. The zero-order chi connectivity index (χ0) is 14.5. The Morgan fingerprint density at radius 3 is 2.60 bits per heavy atom. The molecule has 2 unspecified atom stereocenters. The first-order chi connectivity index (χ1) is 9.43. The highest BCUT2D eigenvalue weighted by atomic mass is 32.2. The molecule has 1 N–H and O–H groups in total. The van der Waals surface area contributed by atoms with Crippen LogP contribution in [0.15, 0.2) is 17.0 Å². The Balaban J connectivity index is 2.05. The number of rotatable bonds is 3. The molecule has 3 rings (SSSR count). The number of fused-ring (bicyclic) bond motifs is 2. The molecule has 1 aliphatic heterocycles. The molecule has 2 aliphatic rings. The average molecular weight is 295 g/mol. The van der Waals surface area contributed by atoms with Crippen molar-refractivity contribution in [2.75, 3.05) is 6.54 Å². The summed E-state index contributed by atoms with van der Waals surface area (Å²) in [4.78, 5) is 0.370. The summed E-state index contributed by atoms with van der Waals surface area (Å²) in [6, 6.07) is 3.66. The molecule has 1 saturated heterocycles. The fourth-order valence-electron chi connectivity index (χ4n) is 3.56. The number of aliphatic hydroxyl groups is 1. The van der Waals surface area contributed by atoms with Crippen molar-refractivity contribution in [3.8, 4) is 0 Å². The van der Waals surface area contributed by atoms with E-state index < -0.39 is 10.0 Å². The number of aliphatic hydroxyl groups excluding tert-OH is 1. The number of sulfonamides is 1. The minimum atomic E-state index is -3.43. The molecule has 2 fully saturated rings. The van der Waals surface area contributed by atoms with E-state index in [4.69, 9.17) is 0 Å². The van der Waals surface area contributed by atoms with Gasteiger partial charge in [-0.05, 0) is 61.8 Å². The number of piperidine rings is 1. The molecule has 0 radical (unpaired) electrons. The van der Waals surface area contributed by atoms with Crippen molar-refractivity contribution in [3.63, 3.8) is 0 Å². The predicted molar refractivity (Wildman–Crippen MR) is 76.9 cm³/mol. The summed E-state index contributed by atoms with van der Waals surface area (Å²) >= 11 is 0. The first-order valence-corrected chi connectivity index (χ1v) is 8.60. The highest BCUT2D eigenvalue weighted by molar-refractivity contribution is 7.89.